The Hall–Kier alpha value is -0.500. The summed E-state index contributed by atoms with van der Waals surface area (Å²) in [7, 11) is -3.41. The Bertz CT molecular complexity index is 596. The Morgan fingerprint density at radius 1 is 1.24 bits per heavy atom. The van der Waals surface area contributed by atoms with E-state index >= 15 is 0 Å². The van der Waals surface area contributed by atoms with E-state index in [1.165, 1.54) is 19.0 Å². The van der Waals surface area contributed by atoms with Crippen LogP contribution in [-0.4, -0.2) is 43.4 Å². The van der Waals surface area contributed by atoms with Gasteiger partial charge < -0.3 is 5.32 Å². The molecule has 1 aliphatic heterocycles. The van der Waals surface area contributed by atoms with Gasteiger partial charge in [-0.25, -0.2) is 8.42 Å². The molecule has 1 aliphatic carbocycles. The van der Waals surface area contributed by atoms with Gasteiger partial charge in [0, 0.05) is 36.0 Å². The predicted octanol–water partition coefficient (Wildman–Crippen LogP) is 2.00. The smallest absolute Gasteiger partial charge is 0.244 e. The highest BCUT2D eigenvalue weighted by atomic mass is 79.9. The van der Waals surface area contributed by atoms with Crippen molar-refractivity contribution < 1.29 is 8.42 Å². The summed E-state index contributed by atoms with van der Waals surface area (Å²) in [6.45, 7) is 2.25. The van der Waals surface area contributed by atoms with Crippen molar-refractivity contribution in [3.05, 3.63) is 22.9 Å². The van der Waals surface area contributed by atoms with Crippen LogP contribution in [0.3, 0.4) is 0 Å². The second-order valence-electron chi connectivity index (χ2n) is 5.87. The first-order valence-corrected chi connectivity index (χ1v) is 9.63. The van der Waals surface area contributed by atoms with Gasteiger partial charge in [0.2, 0.25) is 10.0 Å². The zero-order valence-electron chi connectivity index (χ0n) is 11.8. The topological polar surface area (TPSA) is 62.3 Å². The van der Waals surface area contributed by atoms with Crippen LogP contribution in [-0.2, 0) is 10.0 Å². The minimum absolute atomic E-state index is 0.265. The summed E-state index contributed by atoms with van der Waals surface area (Å²) in [4.78, 5) is 4.22. The fraction of sp³-hybridized carbons (Fsp3) is 0.643. The lowest BCUT2D eigenvalue weighted by Gasteiger charge is -2.31. The van der Waals surface area contributed by atoms with Gasteiger partial charge in [0.25, 0.3) is 0 Å². The van der Waals surface area contributed by atoms with Gasteiger partial charge in [-0.15, -0.1) is 0 Å². The number of hydrogen-bond donors (Lipinski definition) is 1. The molecule has 0 unspecified atom stereocenters. The molecule has 2 aliphatic rings. The second kappa shape index (κ2) is 6.32. The lowest BCUT2D eigenvalue weighted by Crippen LogP contribution is -2.45. The maximum absolute atomic E-state index is 12.6. The van der Waals surface area contributed by atoms with Gasteiger partial charge >= 0.3 is 0 Å². The largest absolute Gasteiger partial charge is 0.314 e. The summed E-state index contributed by atoms with van der Waals surface area (Å²) in [5, 5.41) is 3.56. The summed E-state index contributed by atoms with van der Waals surface area (Å²) >= 11 is 3.27. The molecular weight excluding hydrogens is 354 g/mol. The fourth-order valence-corrected chi connectivity index (χ4v) is 4.61. The van der Waals surface area contributed by atoms with Crippen LogP contribution in [0.5, 0.6) is 0 Å². The maximum atomic E-state index is 12.6. The fourth-order valence-electron chi connectivity index (χ4n) is 2.64. The number of rotatable bonds is 5. The molecule has 5 nitrogen and oxygen atoms in total. The van der Waals surface area contributed by atoms with Gasteiger partial charge in [-0.2, -0.15) is 4.31 Å². The quantitative estimate of drug-likeness (QED) is 0.857. The Kier molecular flexibility index (Phi) is 4.63. The summed E-state index contributed by atoms with van der Waals surface area (Å²) in [6.07, 6.45) is 7.46. The molecule has 1 N–H and O–H groups in total. The highest BCUT2D eigenvalue weighted by Gasteiger charge is 2.30. The Balaban J connectivity index is 1.59. The third kappa shape index (κ3) is 3.83. The van der Waals surface area contributed by atoms with Crippen LogP contribution in [0.25, 0.3) is 0 Å². The van der Waals surface area contributed by atoms with Crippen LogP contribution in [0, 0.1) is 5.92 Å². The molecule has 0 aromatic carbocycles. The van der Waals surface area contributed by atoms with Crippen molar-refractivity contribution in [1.82, 2.24) is 14.6 Å². The van der Waals surface area contributed by atoms with Gasteiger partial charge in [-0.1, -0.05) is 0 Å². The number of sulfonamides is 1. The first-order valence-electron chi connectivity index (χ1n) is 7.40. The van der Waals surface area contributed by atoms with Crippen molar-refractivity contribution in [1.29, 1.82) is 0 Å². The number of nitrogens with zero attached hydrogens (tertiary/aromatic N) is 2. The second-order valence-corrected chi connectivity index (χ2v) is 8.72. The Morgan fingerprint density at radius 3 is 2.57 bits per heavy atom. The third-order valence-corrected chi connectivity index (χ3v) is 6.46. The van der Waals surface area contributed by atoms with Crippen LogP contribution in [0.15, 0.2) is 27.8 Å². The van der Waals surface area contributed by atoms with E-state index in [9.17, 15) is 8.42 Å². The summed E-state index contributed by atoms with van der Waals surface area (Å²) in [5.74, 6) is 0.861. The summed E-state index contributed by atoms with van der Waals surface area (Å²) in [6, 6.07) is 2.07. The molecule has 0 amide bonds. The zero-order valence-corrected chi connectivity index (χ0v) is 14.2. The third-order valence-electron chi connectivity index (χ3n) is 4.16. The van der Waals surface area contributed by atoms with Crippen LogP contribution in [0.2, 0.25) is 0 Å². The summed E-state index contributed by atoms with van der Waals surface area (Å²) in [5.41, 5.74) is 0. The van der Waals surface area contributed by atoms with Gasteiger partial charge in [0.05, 0.1) is 0 Å². The molecule has 116 valence electrons. The van der Waals surface area contributed by atoms with E-state index in [0.29, 0.717) is 23.6 Å². The number of pyridine rings is 1. The molecule has 0 spiro atoms. The van der Waals surface area contributed by atoms with Crippen LogP contribution >= 0.6 is 15.9 Å². The molecule has 1 aromatic heterocycles. The Labute approximate surface area is 134 Å². The molecule has 21 heavy (non-hydrogen) atoms. The minimum atomic E-state index is -3.41. The van der Waals surface area contributed by atoms with Gasteiger partial charge in [0.15, 0.2) is 0 Å². The molecule has 1 aromatic rings. The lowest BCUT2D eigenvalue weighted by molar-refractivity contribution is 0.288. The van der Waals surface area contributed by atoms with Crippen molar-refractivity contribution >= 4 is 26.0 Å². The average molecular weight is 374 g/mol. The van der Waals surface area contributed by atoms with Crippen LogP contribution in [0.1, 0.15) is 25.7 Å². The first kappa shape index (κ1) is 15.4. The molecule has 1 saturated carbocycles. The van der Waals surface area contributed by atoms with Crippen molar-refractivity contribution in [3.63, 3.8) is 0 Å². The minimum Gasteiger partial charge on any atom is -0.314 e. The molecule has 0 radical (unpaired) electrons. The van der Waals surface area contributed by atoms with E-state index < -0.39 is 10.0 Å². The van der Waals surface area contributed by atoms with Gasteiger partial charge in [-0.05, 0) is 60.1 Å². The Morgan fingerprint density at radius 2 is 1.95 bits per heavy atom. The highest BCUT2D eigenvalue weighted by molar-refractivity contribution is 9.10. The standard InChI is InChI=1S/C14H20BrN3O2S/c15-12-7-14(10-16-9-12)21(19,20)18-5-3-13(4-6-18)17-8-11-1-2-11/h7,9-11,13,17H,1-6,8H2. The SMILES string of the molecule is O=S(=O)(c1cncc(Br)c1)N1CCC(NCC2CC2)CC1. The van der Waals surface area contributed by atoms with E-state index in [4.69, 9.17) is 0 Å². The van der Waals surface area contributed by atoms with Crippen molar-refractivity contribution in [2.75, 3.05) is 19.6 Å². The zero-order chi connectivity index (χ0) is 14.9. The van der Waals surface area contributed by atoms with E-state index in [0.717, 1.165) is 25.3 Å². The molecule has 2 fully saturated rings. The van der Waals surface area contributed by atoms with E-state index in [-0.39, 0.29) is 4.90 Å². The highest BCUT2D eigenvalue weighted by Crippen LogP contribution is 2.28. The number of nitrogens with one attached hydrogen (secondary N) is 1. The van der Waals surface area contributed by atoms with E-state index in [1.54, 1.807) is 16.6 Å². The van der Waals surface area contributed by atoms with Gasteiger partial charge in [0.1, 0.15) is 4.90 Å². The molecule has 2 heterocycles. The molecule has 3 rings (SSSR count). The number of aromatic nitrogens is 1. The molecule has 0 bridgehead atoms. The van der Waals surface area contributed by atoms with E-state index in [1.807, 2.05) is 0 Å². The molecule has 7 heteroatoms. The van der Waals surface area contributed by atoms with E-state index in [2.05, 4.69) is 26.2 Å². The van der Waals surface area contributed by atoms with Crippen molar-refractivity contribution in [3.8, 4) is 0 Å². The number of hydrogen-bond acceptors (Lipinski definition) is 4. The average Bonchev–Trinajstić information content (AvgIpc) is 3.30. The van der Waals surface area contributed by atoms with Crippen molar-refractivity contribution in [2.24, 2.45) is 5.92 Å². The monoisotopic (exact) mass is 373 g/mol. The van der Waals surface area contributed by atoms with Crippen LogP contribution < -0.4 is 5.32 Å². The molecular formula is C14H20BrN3O2S. The summed E-state index contributed by atoms with van der Waals surface area (Å²) < 4.78 is 27.4. The lowest BCUT2D eigenvalue weighted by atomic mass is 10.1. The van der Waals surface area contributed by atoms with Crippen LogP contribution in [0.4, 0.5) is 0 Å². The molecule has 0 atom stereocenters. The first-order chi connectivity index (χ1) is 10.1. The maximum Gasteiger partial charge on any atom is 0.244 e. The number of halogens is 1. The number of piperidine rings is 1. The predicted molar refractivity (Wildman–Crippen MR) is 84.4 cm³/mol. The normalized spacial score (nSPS) is 21.6. The van der Waals surface area contributed by atoms with Crippen molar-refractivity contribution in [2.45, 2.75) is 36.6 Å². The van der Waals surface area contributed by atoms with Gasteiger partial charge in [-0.3, -0.25) is 4.98 Å². The molecule has 1 saturated heterocycles.